The fourth-order valence-electron chi connectivity index (χ4n) is 2.08. The number of aryl methyl sites for hydroxylation is 1. The van der Waals surface area contributed by atoms with Crippen molar-refractivity contribution in [2.45, 2.75) is 20.8 Å². The molecule has 0 aliphatic rings. The first-order valence-electron chi connectivity index (χ1n) is 7.49. The monoisotopic (exact) mass is 418 g/mol. The van der Waals surface area contributed by atoms with Crippen LogP contribution in [0.15, 0.2) is 53.3 Å². The first kappa shape index (κ1) is 21.7. The van der Waals surface area contributed by atoms with Crippen molar-refractivity contribution in [1.82, 2.24) is 9.97 Å². The van der Waals surface area contributed by atoms with Gasteiger partial charge in [0.1, 0.15) is 0 Å². The predicted molar refractivity (Wildman–Crippen MR) is 109 cm³/mol. The molecule has 3 rings (SSSR count). The lowest BCUT2D eigenvalue weighted by Crippen LogP contribution is -2.11. The van der Waals surface area contributed by atoms with E-state index in [1.54, 1.807) is 0 Å². The van der Waals surface area contributed by atoms with Gasteiger partial charge in [0.25, 0.3) is 0 Å². The molecule has 134 valence electrons. The lowest BCUT2D eigenvalue weighted by atomic mass is 10.1. The largest absolute Gasteiger partial charge is 0.345 e. The predicted octanol–water partition coefficient (Wildman–Crippen LogP) is 6.74. The van der Waals surface area contributed by atoms with Gasteiger partial charge in [-0.2, -0.15) is 4.98 Å². The van der Waals surface area contributed by atoms with Gasteiger partial charge < -0.3 is 4.98 Å². The third-order valence-corrected chi connectivity index (χ3v) is 2.93. The van der Waals surface area contributed by atoms with Gasteiger partial charge in [0.15, 0.2) is 0 Å². The van der Waals surface area contributed by atoms with Crippen LogP contribution >= 0.6 is 38.9 Å². The van der Waals surface area contributed by atoms with Crippen molar-refractivity contribution in [2.24, 2.45) is 0 Å². The highest BCUT2D eigenvalue weighted by Gasteiger charge is 2.07. The van der Waals surface area contributed by atoms with Crippen LogP contribution < -0.4 is 5.69 Å². The van der Waals surface area contributed by atoms with Gasteiger partial charge in [-0.15, -0.1) is 0 Å². The SMILES string of the molecule is CC.Cc1ccc2[nH]c(=O)nc(-c3ccccc3)c2c1.O=P(Cl)(Cl)Cl. The third-order valence-electron chi connectivity index (χ3n) is 2.93. The molecule has 1 heterocycles. The van der Waals surface area contributed by atoms with E-state index in [-0.39, 0.29) is 5.69 Å². The summed E-state index contributed by atoms with van der Waals surface area (Å²) in [4.78, 5) is 18.5. The Bertz CT molecular complexity index is 916. The smallest absolute Gasteiger partial charge is 0.305 e. The van der Waals surface area contributed by atoms with Crippen LogP contribution in [0.4, 0.5) is 0 Å². The van der Waals surface area contributed by atoms with E-state index >= 15 is 0 Å². The Balaban J connectivity index is 0.000000388. The lowest BCUT2D eigenvalue weighted by Gasteiger charge is -2.06. The molecule has 0 bridgehead atoms. The Labute approximate surface area is 160 Å². The van der Waals surface area contributed by atoms with Gasteiger partial charge in [-0.3, -0.25) is 4.57 Å². The maximum atomic E-state index is 11.6. The van der Waals surface area contributed by atoms with Crippen molar-refractivity contribution in [3.05, 3.63) is 64.6 Å². The number of rotatable bonds is 1. The molecule has 25 heavy (non-hydrogen) atoms. The van der Waals surface area contributed by atoms with Crippen LogP contribution in [0.3, 0.4) is 0 Å². The maximum Gasteiger partial charge on any atom is 0.345 e. The summed E-state index contributed by atoms with van der Waals surface area (Å²) in [5.74, 6) is 0. The second-order valence-corrected chi connectivity index (χ2v) is 11.3. The molecule has 3 aromatic rings. The van der Waals surface area contributed by atoms with E-state index in [9.17, 15) is 9.36 Å². The Kier molecular flexibility index (Phi) is 8.67. The molecular formula is C17H18Cl3N2O2P. The normalized spacial score (nSPS) is 10.3. The van der Waals surface area contributed by atoms with Gasteiger partial charge in [-0.1, -0.05) is 55.8 Å². The van der Waals surface area contributed by atoms with Crippen molar-refractivity contribution in [2.75, 3.05) is 0 Å². The molecule has 0 unspecified atom stereocenters. The van der Waals surface area contributed by atoms with Crippen LogP contribution in [0.1, 0.15) is 19.4 Å². The molecule has 0 amide bonds. The van der Waals surface area contributed by atoms with E-state index in [2.05, 4.69) is 43.7 Å². The molecular weight excluding hydrogens is 402 g/mol. The van der Waals surface area contributed by atoms with Crippen molar-refractivity contribution >= 4 is 49.8 Å². The standard InChI is InChI=1S/C15H12N2O.C2H6.Cl3OP/c1-10-7-8-13-12(9-10)14(17-15(18)16-13)11-5-3-2-4-6-11;1-2;1-5(2,3)4/h2-9H,1H3,(H,16,17,18);1-2H3;. The Hall–Kier alpha value is -1.32. The summed E-state index contributed by atoms with van der Waals surface area (Å²) in [6, 6.07) is 15.7. The van der Waals surface area contributed by atoms with Crippen LogP contribution in [0, 0.1) is 6.92 Å². The zero-order valence-electron chi connectivity index (χ0n) is 14.0. The number of nitrogens with zero attached hydrogens (tertiary/aromatic N) is 1. The zero-order valence-corrected chi connectivity index (χ0v) is 17.1. The van der Waals surface area contributed by atoms with E-state index < -0.39 is 5.20 Å². The van der Waals surface area contributed by atoms with Crippen LogP contribution in [0.2, 0.25) is 0 Å². The molecule has 0 saturated heterocycles. The Morgan fingerprint density at radius 3 is 2.12 bits per heavy atom. The summed E-state index contributed by atoms with van der Waals surface area (Å²) in [5.41, 5.74) is 3.34. The van der Waals surface area contributed by atoms with Crippen molar-refractivity contribution in [3.63, 3.8) is 0 Å². The topological polar surface area (TPSA) is 62.8 Å². The number of fused-ring (bicyclic) bond motifs is 1. The summed E-state index contributed by atoms with van der Waals surface area (Å²) in [6.45, 7) is 6.03. The van der Waals surface area contributed by atoms with E-state index in [1.165, 1.54) is 0 Å². The van der Waals surface area contributed by atoms with Gasteiger partial charge in [-0.25, -0.2) is 4.79 Å². The summed E-state index contributed by atoms with van der Waals surface area (Å²) < 4.78 is 9.51. The van der Waals surface area contributed by atoms with E-state index in [0.29, 0.717) is 0 Å². The molecule has 0 saturated carbocycles. The van der Waals surface area contributed by atoms with Gasteiger partial charge in [0.05, 0.1) is 11.2 Å². The van der Waals surface area contributed by atoms with E-state index in [4.69, 9.17) is 0 Å². The Morgan fingerprint density at radius 2 is 1.56 bits per heavy atom. The minimum Gasteiger partial charge on any atom is -0.305 e. The molecule has 1 N–H and O–H groups in total. The molecule has 1 aromatic heterocycles. The highest BCUT2D eigenvalue weighted by molar-refractivity contribution is 8.24. The van der Waals surface area contributed by atoms with Gasteiger partial charge in [-0.05, 0) is 52.8 Å². The van der Waals surface area contributed by atoms with E-state index in [0.717, 1.165) is 27.7 Å². The van der Waals surface area contributed by atoms with Crippen LogP contribution in [0.25, 0.3) is 22.2 Å². The highest BCUT2D eigenvalue weighted by atomic mass is 36.0. The summed E-state index contributed by atoms with van der Waals surface area (Å²) >= 11 is 13.8. The zero-order chi connectivity index (χ0) is 19.0. The first-order valence-corrected chi connectivity index (χ1v) is 11.9. The fraction of sp³-hybridized carbons (Fsp3) is 0.176. The second-order valence-electron chi connectivity index (χ2n) is 4.70. The number of hydrogen-bond acceptors (Lipinski definition) is 3. The average molecular weight is 420 g/mol. The third kappa shape index (κ3) is 7.62. The van der Waals surface area contributed by atoms with Crippen LogP contribution in [0.5, 0.6) is 0 Å². The molecule has 2 aromatic carbocycles. The molecule has 0 aliphatic carbocycles. The summed E-state index contributed by atoms with van der Waals surface area (Å²) in [5, 5.41) is -2.25. The lowest BCUT2D eigenvalue weighted by molar-refractivity contribution is 0.600. The van der Waals surface area contributed by atoms with Gasteiger partial charge >= 0.3 is 10.9 Å². The second kappa shape index (κ2) is 9.98. The first-order chi connectivity index (χ1) is 11.7. The Morgan fingerprint density at radius 1 is 1.00 bits per heavy atom. The number of aromatic nitrogens is 2. The number of benzene rings is 2. The minimum atomic E-state index is -3.22. The van der Waals surface area contributed by atoms with E-state index in [1.807, 2.05) is 69.3 Å². The average Bonchev–Trinajstić information content (AvgIpc) is 2.56. The van der Waals surface area contributed by atoms with Gasteiger partial charge in [0.2, 0.25) is 0 Å². The molecule has 4 nitrogen and oxygen atoms in total. The molecule has 0 atom stereocenters. The highest BCUT2D eigenvalue weighted by Crippen LogP contribution is 2.61. The molecule has 0 fully saturated rings. The number of hydrogen-bond donors (Lipinski definition) is 1. The van der Waals surface area contributed by atoms with Crippen molar-refractivity contribution in [3.8, 4) is 11.3 Å². The fourth-order valence-corrected chi connectivity index (χ4v) is 2.08. The maximum absolute atomic E-state index is 11.6. The quantitative estimate of drug-likeness (QED) is 0.444. The molecule has 0 radical (unpaired) electrons. The molecule has 0 spiro atoms. The minimum absolute atomic E-state index is 0.315. The number of aromatic amines is 1. The van der Waals surface area contributed by atoms with Crippen LogP contribution in [-0.4, -0.2) is 9.97 Å². The molecule has 0 aliphatic heterocycles. The summed E-state index contributed by atoms with van der Waals surface area (Å²) in [7, 11) is 0. The van der Waals surface area contributed by atoms with Gasteiger partial charge in [0, 0.05) is 10.9 Å². The number of halogens is 3. The number of H-pyrrole nitrogens is 1. The van der Waals surface area contributed by atoms with Crippen molar-refractivity contribution in [1.29, 1.82) is 0 Å². The molecule has 8 heteroatoms. The van der Waals surface area contributed by atoms with Crippen LogP contribution in [-0.2, 0) is 4.57 Å². The van der Waals surface area contributed by atoms with Crippen molar-refractivity contribution < 1.29 is 4.57 Å². The number of nitrogens with one attached hydrogen (secondary N) is 1. The summed E-state index contributed by atoms with van der Waals surface area (Å²) in [6.07, 6.45) is 0.